The molecule has 0 aliphatic rings. The van der Waals surface area contributed by atoms with Gasteiger partial charge in [-0.15, -0.1) is 0 Å². The highest BCUT2D eigenvalue weighted by molar-refractivity contribution is 5.78. The van der Waals surface area contributed by atoms with Gasteiger partial charge in [-0.2, -0.15) is 0 Å². The molecule has 17 heavy (non-hydrogen) atoms. The van der Waals surface area contributed by atoms with E-state index in [1.807, 2.05) is 37.9 Å². The fraction of sp³-hybridized carbons (Fsp3) is 0.500. The van der Waals surface area contributed by atoms with Gasteiger partial charge in [0.25, 0.3) is 0 Å². The quantitative estimate of drug-likeness (QED) is 0.814. The molecule has 1 aromatic rings. The van der Waals surface area contributed by atoms with Gasteiger partial charge in [0.2, 0.25) is 5.91 Å². The standard InChI is InChI=1S/C14H22N2O/c1-4-16(5-2)14(17)10-12-6-8-13(9-7-12)11-15-3/h6-9,15H,4-5,10-11H2,1-3H3. The molecule has 0 unspecified atom stereocenters. The predicted octanol–water partition coefficient (Wildman–Crippen LogP) is 1.82. The Labute approximate surface area is 104 Å². The Kier molecular flexibility index (Phi) is 5.70. The summed E-state index contributed by atoms with van der Waals surface area (Å²) in [7, 11) is 1.93. The summed E-state index contributed by atoms with van der Waals surface area (Å²) in [5.74, 6) is 0.205. The first-order valence-corrected chi connectivity index (χ1v) is 6.21. The molecular formula is C14H22N2O. The largest absolute Gasteiger partial charge is 0.343 e. The van der Waals surface area contributed by atoms with Crippen molar-refractivity contribution in [3.05, 3.63) is 35.4 Å². The van der Waals surface area contributed by atoms with Gasteiger partial charge in [-0.05, 0) is 32.0 Å². The molecule has 0 fully saturated rings. The molecule has 0 spiro atoms. The zero-order chi connectivity index (χ0) is 12.7. The lowest BCUT2D eigenvalue weighted by molar-refractivity contribution is -0.130. The first-order valence-electron chi connectivity index (χ1n) is 6.21. The number of hydrogen-bond acceptors (Lipinski definition) is 2. The zero-order valence-corrected chi connectivity index (χ0v) is 11.0. The molecule has 0 aliphatic carbocycles. The average molecular weight is 234 g/mol. The predicted molar refractivity (Wildman–Crippen MR) is 70.8 cm³/mol. The van der Waals surface area contributed by atoms with E-state index in [-0.39, 0.29) is 5.91 Å². The fourth-order valence-corrected chi connectivity index (χ4v) is 1.84. The Bertz CT molecular complexity index is 342. The molecule has 0 atom stereocenters. The normalized spacial score (nSPS) is 10.3. The molecule has 94 valence electrons. The molecule has 3 heteroatoms. The molecule has 1 amide bonds. The molecule has 0 saturated heterocycles. The van der Waals surface area contributed by atoms with Gasteiger partial charge in [-0.1, -0.05) is 24.3 Å². The molecule has 0 radical (unpaired) electrons. The number of carbonyl (C=O) groups is 1. The van der Waals surface area contributed by atoms with Crippen molar-refractivity contribution in [1.29, 1.82) is 0 Å². The molecule has 0 bridgehead atoms. The second-order valence-electron chi connectivity index (χ2n) is 4.09. The van der Waals surface area contributed by atoms with E-state index in [9.17, 15) is 4.79 Å². The number of amides is 1. The van der Waals surface area contributed by atoms with Crippen LogP contribution in [0.15, 0.2) is 24.3 Å². The Morgan fingerprint density at radius 3 is 2.12 bits per heavy atom. The van der Waals surface area contributed by atoms with Crippen molar-refractivity contribution in [3.8, 4) is 0 Å². The number of carbonyl (C=O) groups excluding carboxylic acids is 1. The number of benzene rings is 1. The second kappa shape index (κ2) is 7.07. The maximum absolute atomic E-state index is 11.9. The third-order valence-corrected chi connectivity index (χ3v) is 2.88. The minimum atomic E-state index is 0.205. The summed E-state index contributed by atoms with van der Waals surface area (Å²) in [4.78, 5) is 13.8. The van der Waals surface area contributed by atoms with Crippen molar-refractivity contribution in [2.24, 2.45) is 0 Å². The lowest BCUT2D eigenvalue weighted by atomic mass is 10.1. The smallest absolute Gasteiger partial charge is 0.226 e. The minimum Gasteiger partial charge on any atom is -0.343 e. The third-order valence-electron chi connectivity index (χ3n) is 2.88. The summed E-state index contributed by atoms with van der Waals surface area (Å²) in [6, 6.07) is 8.21. The second-order valence-corrected chi connectivity index (χ2v) is 4.09. The van der Waals surface area contributed by atoms with Gasteiger partial charge >= 0.3 is 0 Å². The van der Waals surface area contributed by atoms with Crippen LogP contribution in [0.3, 0.4) is 0 Å². The molecule has 1 aromatic carbocycles. The highest BCUT2D eigenvalue weighted by atomic mass is 16.2. The first kappa shape index (κ1) is 13.7. The van der Waals surface area contributed by atoms with E-state index in [2.05, 4.69) is 17.4 Å². The summed E-state index contributed by atoms with van der Waals surface area (Å²) in [5.41, 5.74) is 2.33. The van der Waals surface area contributed by atoms with E-state index >= 15 is 0 Å². The molecule has 0 saturated carbocycles. The van der Waals surface area contributed by atoms with Crippen LogP contribution in [0.2, 0.25) is 0 Å². The first-order chi connectivity index (χ1) is 8.21. The maximum atomic E-state index is 11.9. The third kappa shape index (κ3) is 4.19. The minimum absolute atomic E-state index is 0.205. The van der Waals surface area contributed by atoms with Crippen LogP contribution >= 0.6 is 0 Å². The van der Waals surface area contributed by atoms with Gasteiger partial charge < -0.3 is 10.2 Å². The van der Waals surface area contributed by atoms with E-state index in [0.29, 0.717) is 6.42 Å². The van der Waals surface area contributed by atoms with E-state index in [1.165, 1.54) is 5.56 Å². The molecule has 0 aromatic heterocycles. The molecule has 0 heterocycles. The molecule has 3 nitrogen and oxygen atoms in total. The van der Waals surface area contributed by atoms with Crippen molar-refractivity contribution in [2.75, 3.05) is 20.1 Å². The monoisotopic (exact) mass is 234 g/mol. The van der Waals surface area contributed by atoms with Crippen LogP contribution in [0.1, 0.15) is 25.0 Å². The number of rotatable bonds is 6. The van der Waals surface area contributed by atoms with Crippen LogP contribution in [-0.4, -0.2) is 30.9 Å². The highest BCUT2D eigenvalue weighted by Crippen LogP contribution is 2.06. The Morgan fingerprint density at radius 2 is 1.65 bits per heavy atom. The van der Waals surface area contributed by atoms with Gasteiger partial charge in [-0.25, -0.2) is 0 Å². The van der Waals surface area contributed by atoms with Gasteiger partial charge in [0.15, 0.2) is 0 Å². The molecule has 1 N–H and O–H groups in total. The summed E-state index contributed by atoms with van der Waals surface area (Å²) >= 11 is 0. The summed E-state index contributed by atoms with van der Waals surface area (Å²) in [6.07, 6.45) is 0.502. The summed E-state index contributed by atoms with van der Waals surface area (Å²) < 4.78 is 0. The molecule has 0 aliphatic heterocycles. The van der Waals surface area contributed by atoms with Crippen LogP contribution in [0, 0.1) is 0 Å². The van der Waals surface area contributed by atoms with Crippen molar-refractivity contribution < 1.29 is 4.79 Å². The highest BCUT2D eigenvalue weighted by Gasteiger charge is 2.09. The number of likely N-dealkylation sites (N-methyl/N-ethyl adjacent to an activating group) is 1. The lowest BCUT2D eigenvalue weighted by Gasteiger charge is -2.18. The number of nitrogens with zero attached hydrogens (tertiary/aromatic N) is 1. The van der Waals surface area contributed by atoms with Gasteiger partial charge in [0.1, 0.15) is 0 Å². The maximum Gasteiger partial charge on any atom is 0.226 e. The molecule has 1 rings (SSSR count). The van der Waals surface area contributed by atoms with Gasteiger partial charge in [-0.3, -0.25) is 4.79 Å². The van der Waals surface area contributed by atoms with Crippen LogP contribution in [0.25, 0.3) is 0 Å². The van der Waals surface area contributed by atoms with Crippen molar-refractivity contribution in [1.82, 2.24) is 10.2 Å². The topological polar surface area (TPSA) is 32.3 Å². The van der Waals surface area contributed by atoms with Gasteiger partial charge in [0.05, 0.1) is 6.42 Å². The zero-order valence-electron chi connectivity index (χ0n) is 11.0. The van der Waals surface area contributed by atoms with E-state index in [1.54, 1.807) is 0 Å². The number of hydrogen-bond donors (Lipinski definition) is 1. The van der Waals surface area contributed by atoms with Crippen molar-refractivity contribution >= 4 is 5.91 Å². The summed E-state index contributed by atoms with van der Waals surface area (Å²) in [6.45, 7) is 6.46. The van der Waals surface area contributed by atoms with E-state index < -0.39 is 0 Å². The lowest BCUT2D eigenvalue weighted by Crippen LogP contribution is -2.31. The van der Waals surface area contributed by atoms with Crippen LogP contribution in [0.4, 0.5) is 0 Å². The average Bonchev–Trinajstić information content (AvgIpc) is 2.33. The van der Waals surface area contributed by atoms with Crippen molar-refractivity contribution in [2.45, 2.75) is 26.8 Å². The Morgan fingerprint density at radius 1 is 1.12 bits per heavy atom. The fourth-order valence-electron chi connectivity index (χ4n) is 1.84. The van der Waals surface area contributed by atoms with Crippen LogP contribution in [0.5, 0.6) is 0 Å². The van der Waals surface area contributed by atoms with Crippen LogP contribution in [-0.2, 0) is 17.8 Å². The van der Waals surface area contributed by atoms with E-state index in [4.69, 9.17) is 0 Å². The Hall–Kier alpha value is -1.35. The summed E-state index contributed by atoms with van der Waals surface area (Å²) in [5, 5.41) is 3.11. The van der Waals surface area contributed by atoms with Crippen molar-refractivity contribution in [3.63, 3.8) is 0 Å². The number of nitrogens with one attached hydrogen (secondary N) is 1. The SMILES string of the molecule is CCN(CC)C(=O)Cc1ccc(CNC)cc1. The van der Waals surface area contributed by atoms with E-state index in [0.717, 1.165) is 25.2 Å². The Balaban J connectivity index is 2.59. The van der Waals surface area contributed by atoms with Crippen LogP contribution < -0.4 is 5.32 Å². The molecular weight excluding hydrogens is 212 g/mol. The van der Waals surface area contributed by atoms with Gasteiger partial charge in [0, 0.05) is 19.6 Å².